The van der Waals surface area contributed by atoms with Gasteiger partial charge in [-0.15, -0.1) is 0 Å². The number of carbonyl (C=O) groups excluding carboxylic acids is 1. The van der Waals surface area contributed by atoms with Crippen molar-refractivity contribution in [1.29, 1.82) is 0 Å². The van der Waals surface area contributed by atoms with Crippen molar-refractivity contribution in [2.24, 2.45) is 0 Å². The maximum atomic E-state index is 10.3. The molecule has 0 amide bonds. The molecule has 1 aromatic rings. The standard InChI is InChI=1S/C12H13NO2/c14-7-3-5-11-9-13(15)8-10-4-1-2-6-12(10)11/h1-2,4,6-7,9,15H,3,5,8H2. The summed E-state index contributed by atoms with van der Waals surface area (Å²) in [5.74, 6) is 0. The number of nitrogens with zero attached hydrogens (tertiary/aromatic N) is 1. The van der Waals surface area contributed by atoms with E-state index in [1.54, 1.807) is 6.20 Å². The van der Waals surface area contributed by atoms with Crippen molar-refractivity contribution >= 4 is 11.9 Å². The van der Waals surface area contributed by atoms with Gasteiger partial charge in [-0.05, 0) is 23.1 Å². The molecule has 0 fully saturated rings. The lowest BCUT2D eigenvalue weighted by atomic mass is 9.95. The lowest BCUT2D eigenvalue weighted by Gasteiger charge is -2.23. The highest BCUT2D eigenvalue weighted by atomic mass is 16.5. The third-order valence-corrected chi connectivity index (χ3v) is 2.53. The average molecular weight is 203 g/mol. The molecule has 0 unspecified atom stereocenters. The maximum absolute atomic E-state index is 10.3. The summed E-state index contributed by atoms with van der Waals surface area (Å²) in [5.41, 5.74) is 3.26. The summed E-state index contributed by atoms with van der Waals surface area (Å²) in [6.07, 6.45) is 3.77. The van der Waals surface area contributed by atoms with Gasteiger partial charge in [0.05, 0.1) is 6.54 Å². The summed E-state index contributed by atoms with van der Waals surface area (Å²) in [6, 6.07) is 7.95. The molecule has 1 heterocycles. The molecule has 0 aliphatic carbocycles. The van der Waals surface area contributed by atoms with Gasteiger partial charge in [0.1, 0.15) is 6.29 Å². The van der Waals surface area contributed by atoms with E-state index in [2.05, 4.69) is 0 Å². The van der Waals surface area contributed by atoms with E-state index in [0.717, 1.165) is 23.0 Å². The molecule has 1 aliphatic heterocycles. The van der Waals surface area contributed by atoms with Crippen LogP contribution in [0.25, 0.3) is 5.57 Å². The Bertz CT molecular complexity index is 398. The van der Waals surface area contributed by atoms with Crippen LogP contribution in [0, 0.1) is 0 Å². The highest BCUT2D eigenvalue weighted by Crippen LogP contribution is 2.28. The molecule has 0 bridgehead atoms. The molecule has 78 valence electrons. The Balaban J connectivity index is 2.31. The highest BCUT2D eigenvalue weighted by Gasteiger charge is 2.14. The van der Waals surface area contributed by atoms with Crippen LogP contribution in [-0.4, -0.2) is 16.6 Å². The quantitative estimate of drug-likeness (QED) is 0.766. The highest BCUT2D eigenvalue weighted by molar-refractivity contribution is 5.71. The minimum atomic E-state index is 0.494. The van der Waals surface area contributed by atoms with Gasteiger partial charge in [0.2, 0.25) is 0 Å². The molecule has 3 nitrogen and oxygen atoms in total. The number of fused-ring (bicyclic) bond motifs is 1. The van der Waals surface area contributed by atoms with E-state index in [-0.39, 0.29) is 0 Å². The molecule has 0 spiro atoms. The Hall–Kier alpha value is -1.61. The van der Waals surface area contributed by atoms with Gasteiger partial charge in [0.15, 0.2) is 0 Å². The summed E-state index contributed by atoms with van der Waals surface area (Å²) in [4.78, 5) is 10.3. The van der Waals surface area contributed by atoms with Crippen LogP contribution in [0.15, 0.2) is 30.5 Å². The average Bonchev–Trinajstić information content (AvgIpc) is 2.25. The normalized spacial score (nSPS) is 14.5. The largest absolute Gasteiger partial charge is 0.303 e. The van der Waals surface area contributed by atoms with Crippen LogP contribution in [-0.2, 0) is 11.3 Å². The number of allylic oxidation sites excluding steroid dienone is 1. The molecule has 0 radical (unpaired) electrons. The van der Waals surface area contributed by atoms with Crippen LogP contribution < -0.4 is 0 Å². The molecular formula is C12H13NO2. The molecule has 0 aromatic heterocycles. The Labute approximate surface area is 88.6 Å². The monoisotopic (exact) mass is 203 g/mol. The molecule has 1 N–H and O–H groups in total. The fraction of sp³-hybridized carbons (Fsp3) is 0.250. The molecular weight excluding hydrogens is 190 g/mol. The SMILES string of the molecule is O=CCCC1=CN(O)Cc2ccccc21. The van der Waals surface area contributed by atoms with Crippen LogP contribution in [0.5, 0.6) is 0 Å². The maximum Gasteiger partial charge on any atom is 0.120 e. The first kappa shape index (κ1) is 9.93. The Morgan fingerprint density at radius 1 is 1.40 bits per heavy atom. The lowest BCUT2D eigenvalue weighted by Crippen LogP contribution is -2.17. The summed E-state index contributed by atoms with van der Waals surface area (Å²) in [6.45, 7) is 0.515. The van der Waals surface area contributed by atoms with Crippen molar-refractivity contribution in [3.63, 3.8) is 0 Å². The number of rotatable bonds is 3. The van der Waals surface area contributed by atoms with Gasteiger partial charge in [-0.1, -0.05) is 24.3 Å². The van der Waals surface area contributed by atoms with Crippen molar-refractivity contribution in [2.45, 2.75) is 19.4 Å². The number of aldehydes is 1. The van der Waals surface area contributed by atoms with Crippen LogP contribution in [0.3, 0.4) is 0 Å². The fourth-order valence-electron chi connectivity index (χ4n) is 1.85. The Morgan fingerprint density at radius 2 is 2.20 bits per heavy atom. The van der Waals surface area contributed by atoms with Crippen LogP contribution in [0.4, 0.5) is 0 Å². The first-order chi connectivity index (χ1) is 7.31. The molecule has 15 heavy (non-hydrogen) atoms. The number of hydrogen-bond acceptors (Lipinski definition) is 3. The van der Waals surface area contributed by atoms with Crippen molar-refractivity contribution in [3.05, 3.63) is 41.6 Å². The molecule has 3 heteroatoms. The van der Waals surface area contributed by atoms with Gasteiger partial charge in [0, 0.05) is 12.6 Å². The third kappa shape index (κ3) is 2.07. The van der Waals surface area contributed by atoms with E-state index in [9.17, 15) is 10.0 Å². The first-order valence-corrected chi connectivity index (χ1v) is 4.99. The van der Waals surface area contributed by atoms with Crippen molar-refractivity contribution in [3.8, 4) is 0 Å². The fourth-order valence-corrected chi connectivity index (χ4v) is 1.85. The van der Waals surface area contributed by atoms with Gasteiger partial charge >= 0.3 is 0 Å². The van der Waals surface area contributed by atoms with Crippen LogP contribution >= 0.6 is 0 Å². The van der Waals surface area contributed by atoms with Crippen LogP contribution in [0.1, 0.15) is 24.0 Å². The number of benzene rings is 1. The number of carbonyl (C=O) groups is 1. The topological polar surface area (TPSA) is 40.5 Å². The van der Waals surface area contributed by atoms with Gasteiger partial charge in [0.25, 0.3) is 0 Å². The smallest absolute Gasteiger partial charge is 0.120 e. The number of hydroxylamine groups is 2. The summed E-state index contributed by atoms with van der Waals surface area (Å²) in [5, 5.41) is 10.7. The molecule has 2 rings (SSSR count). The second-order valence-electron chi connectivity index (χ2n) is 3.61. The minimum absolute atomic E-state index is 0.494. The molecule has 1 aliphatic rings. The van der Waals surface area contributed by atoms with Crippen LogP contribution in [0.2, 0.25) is 0 Å². The first-order valence-electron chi connectivity index (χ1n) is 4.99. The zero-order valence-electron chi connectivity index (χ0n) is 8.39. The van der Waals surface area contributed by atoms with Crippen molar-refractivity contribution in [1.82, 2.24) is 5.06 Å². The second-order valence-corrected chi connectivity index (χ2v) is 3.61. The van der Waals surface area contributed by atoms with Gasteiger partial charge in [-0.25, -0.2) is 0 Å². The summed E-state index contributed by atoms with van der Waals surface area (Å²) >= 11 is 0. The van der Waals surface area contributed by atoms with E-state index in [4.69, 9.17) is 0 Å². The van der Waals surface area contributed by atoms with E-state index in [0.29, 0.717) is 19.4 Å². The van der Waals surface area contributed by atoms with Crippen molar-refractivity contribution in [2.75, 3.05) is 0 Å². The van der Waals surface area contributed by atoms with Gasteiger partial charge in [-0.2, -0.15) is 0 Å². The second kappa shape index (κ2) is 4.28. The Kier molecular flexibility index (Phi) is 2.83. The third-order valence-electron chi connectivity index (χ3n) is 2.53. The number of hydrogen-bond donors (Lipinski definition) is 1. The molecule has 1 aromatic carbocycles. The Morgan fingerprint density at radius 3 is 3.00 bits per heavy atom. The molecule has 0 atom stereocenters. The predicted molar refractivity (Wildman–Crippen MR) is 57.0 cm³/mol. The zero-order chi connectivity index (χ0) is 10.7. The van der Waals surface area contributed by atoms with Gasteiger partial charge in [-0.3, -0.25) is 10.3 Å². The summed E-state index contributed by atoms with van der Waals surface area (Å²) < 4.78 is 0. The van der Waals surface area contributed by atoms with E-state index >= 15 is 0 Å². The van der Waals surface area contributed by atoms with E-state index < -0.39 is 0 Å². The molecule has 0 saturated heterocycles. The lowest BCUT2D eigenvalue weighted by molar-refractivity contribution is -0.107. The zero-order valence-corrected chi connectivity index (χ0v) is 8.39. The predicted octanol–water partition coefficient (Wildman–Crippen LogP) is 2.21. The summed E-state index contributed by atoms with van der Waals surface area (Å²) in [7, 11) is 0. The molecule has 0 saturated carbocycles. The minimum Gasteiger partial charge on any atom is -0.303 e. The van der Waals surface area contributed by atoms with E-state index in [1.165, 1.54) is 5.06 Å². The van der Waals surface area contributed by atoms with Gasteiger partial charge < -0.3 is 4.79 Å². The van der Waals surface area contributed by atoms with E-state index in [1.807, 2.05) is 24.3 Å². The van der Waals surface area contributed by atoms with Crippen molar-refractivity contribution < 1.29 is 10.0 Å².